The fourth-order valence-electron chi connectivity index (χ4n) is 1.72. The maximum Gasteiger partial charge on any atom is 0.0534 e. The predicted molar refractivity (Wildman–Crippen MR) is 70.1 cm³/mol. The average Bonchev–Trinajstić information content (AvgIpc) is 2.82. The van der Waals surface area contributed by atoms with Gasteiger partial charge in [0.2, 0.25) is 0 Å². The molecule has 17 heavy (non-hydrogen) atoms. The van der Waals surface area contributed by atoms with E-state index in [4.69, 9.17) is 11.6 Å². The minimum absolute atomic E-state index is 0.296. The van der Waals surface area contributed by atoms with E-state index in [1.807, 2.05) is 35.1 Å². The van der Waals surface area contributed by atoms with Gasteiger partial charge in [-0.05, 0) is 30.7 Å². The van der Waals surface area contributed by atoms with E-state index >= 15 is 0 Å². The largest absolute Gasteiger partial charge is 0.308 e. The zero-order chi connectivity index (χ0) is 12.1. The Hall–Kier alpha value is -1.32. The number of hydrogen-bond donors (Lipinski definition) is 1. The number of hydrogen-bond acceptors (Lipinski definition) is 2. The summed E-state index contributed by atoms with van der Waals surface area (Å²) < 4.78 is 1.91. The van der Waals surface area contributed by atoms with E-state index in [9.17, 15) is 0 Å². The van der Waals surface area contributed by atoms with Gasteiger partial charge in [-0.3, -0.25) is 4.68 Å². The van der Waals surface area contributed by atoms with Crippen LogP contribution >= 0.6 is 11.6 Å². The van der Waals surface area contributed by atoms with Crippen molar-refractivity contribution in [2.24, 2.45) is 0 Å². The van der Waals surface area contributed by atoms with Crippen LogP contribution in [0.15, 0.2) is 42.7 Å². The third-order valence-corrected chi connectivity index (χ3v) is 2.93. The number of nitrogens with one attached hydrogen (secondary N) is 1. The van der Waals surface area contributed by atoms with E-state index in [1.165, 1.54) is 5.56 Å². The van der Waals surface area contributed by atoms with Gasteiger partial charge in [0.25, 0.3) is 0 Å². The maximum absolute atomic E-state index is 5.96. The van der Waals surface area contributed by atoms with Gasteiger partial charge in [0.05, 0.1) is 6.54 Å². The molecule has 0 radical (unpaired) electrons. The molecule has 1 aromatic heterocycles. The lowest BCUT2D eigenvalue weighted by molar-refractivity contribution is 0.507. The van der Waals surface area contributed by atoms with Crippen molar-refractivity contribution in [2.45, 2.75) is 19.5 Å². The first-order valence-electron chi connectivity index (χ1n) is 5.72. The molecule has 4 heteroatoms. The Bertz CT molecular complexity index is 453. The Morgan fingerprint density at radius 3 is 3.00 bits per heavy atom. The molecule has 3 nitrogen and oxygen atoms in total. The van der Waals surface area contributed by atoms with Crippen molar-refractivity contribution >= 4 is 11.6 Å². The molecule has 0 saturated carbocycles. The quantitative estimate of drug-likeness (QED) is 0.883. The Morgan fingerprint density at radius 2 is 2.29 bits per heavy atom. The monoisotopic (exact) mass is 249 g/mol. The highest BCUT2D eigenvalue weighted by Gasteiger charge is 2.04. The Balaban J connectivity index is 1.83. The second-order valence-corrected chi connectivity index (χ2v) is 4.44. The molecule has 1 heterocycles. The van der Waals surface area contributed by atoms with E-state index in [2.05, 4.69) is 23.4 Å². The molecule has 2 aromatic rings. The van der Waals surface area contributed by atoms with E-state index in [0.29, 0.717) is 6.04 Å². The normalized spacial score (nSPS) is 12.6. The molecule has 0 aliphatic carbocycles. The van der Waals surface area contributed by atoms with Crippen LogP contribution in [0.25, 0.3) is 0 Å². The molecule has 90 valence electrons. The van der Waals surface area contributed by atoms with Gasteiger partial charge in [0.15, 0.2) is 0 Å². The van der Waals surface area contributed by atoms with Crippen LogP contribution in [-0.4, -0.2) is 16.3 Å². The second-order valence-electron chi connectivity index (χ2n) is 4.00. The summed E-state index contributed by atoms with van der Waals surface area (Å²) in [6, 6.07) is 10.2. The zero-order valence-electron chi connectivity index (χ0n) is 9.81. The van der Waals surface area contributed by atoms with E-state index in [-0.39, 0.29) is 0 Å². The third-order valence-electron chi connectivity index (χ3n) is 2.70. The molecule has 0 amide bonds. The fourth-order valence-corrected chi connectivity index (χ4v) is 1.92. The molecular weight excluding hydrogens is 234 g/mol. The van der Waals surface area contributed by atoms with Crippen LogP contribution in [0.3, 0.4) is 0 Å². The molecule has 0 bridgehead atoms. The Kier molecular flexibility index (Phi) is 4.18. The summed E-state index contributed by atoms with van der Waals surface area (Å²) in [6.07, 6.45) is 3.76. The molecule has 1 atom stereocenters. The zero-order valence-corrected chi connectivity index (χ0v) is 10.6. The van der Waals surface area contributed by atoms with Crippen LogP contribution in [0.2, 0.25) is 5.02 Å². The van der Waals surface area contributed by atoms with Gasteiger partial charge in [0, 0.05) is 30.0 Å². The van der Waals surface area contributed by atoms with Crippen molar-refractivity contribution < 1.29 is 0 Å². The molecule has 1 aromatic carbocycles. The van der Waals surface area contributed by atoms with Gasteiger partial charge in [-0.1, -0.05) is 23.7 Å². The van der Waals surface area contributed by atoms with Gasteiger partial charge < -0.3 is 5.32 Å². The van der Waals surface area contributed by atoms with Crippen LogP contribution in [-0.2, 0) is 6.54 Å². The summed E-state index contributed by atoms with van der Waals surface area (Å²) in [6.45, 7) is 3.89. The summed E-state index contributed by atoms with van der Waals surface area (Å²) >= 11 is 5.96. The van der Waals surface area contributed by atoms with Crippen LogP contribution in [0.4, 0.5) is 0 Å². The van der Waals surface area contributed by atoms with Crippen molar-refractivity contribution in [1.29, 1.82) is 0 Å². The van der Waals surface area contributed by atoms with Crippen molar-refractivity contribution in [2.75, 3.05) is 6.54 Å². The maximum atomic E-state index is 5.96. The second kappa shape index (κ2) is 5.84. The highest BCUT2D eigenvalue weighted by Crippen LogP contribution is 2.16. The molecule has 0 spiro atoms. The highest BCUT2D eigenvalue weighted by atomic mass is 35.5. The lowest BCUT2D eigenvalue weighted by atomic mass is 10.1. The number of rotatable bonds is 5. The van der Waals surface area contributed by atoms with Gasteiger partial charge >= 0.3 is 0 Å². The lowest BCUT2D eigenvalue weighted by Crippen LogP contribution is -2.23. The summed E-state index contributed by atoms with van der Waals surface area (Å²) in [5.74, 6) is 0. The minimum atomic E-state index is 0.296. The average molecular weight is 250 g/mol. The standard InChI is InChI=1S/C13H16ClN3/c1-11(12-4-2-5-13(14)10-12)15-7-9-17-8-3-6-16-17/h2-6,8,10-11,15H,7,9H2,1H3. The van der Waals surface area contributed by atoms with Gasteiger partial charge in [0.1, 0.15) is 0 Å². The molecule has 0 aliphatic heterocycles. The summed E-state index contributed by atoms with van der Waals surface area (Å²) in [5, 5.41) is 8.38. The first kappa shape index (κ1) is 12.1. The molecule has 0 fully saturated rings. The van der Waals surface area contributed by atoms with Crippen LogP contribution in [0.1, 0.15) is 18.5 Å². The third kappa shape index (κ3) is 3.58. The molecule has 1 N–H and O–H groups in total. The summed E-state index contributed by atoms with van der Waals surface area (Å²) in [4.78, 5) is 0. The Morgan fingerprint density at radius 1 is 1.41 bits per heavy atom. The van der Waals surface area contributed by atoms with Crippen molar-refractivity contribution in [3.05, 3.63) is 53.3 Å². The van der Waals surface area contributed by atoms with Crippen LogP contribution in [0, 0.1) is 0 Å². The first-order valence-corrected chi connectivity index (χ1v) is 6.10. The van der Waals surface area contributed by atoms with E-state index in [0.717, 1.165) is 18.1 Å². The van der Waals surface area contributed by atoms with Gasteiger partial charge in [-0.2, -0.15) is 5.10 Å². The lowest BCUT2D eigenvalue weighted by Gasteiger charge is -2.14. The molecule has 0 aliphatic rings. The molecular formula is C13H16ClN3. The first-order chi connectivity index (χ1) is 8.25. The van der Waals surface area contributed by atoms with Crippen LogP contribution < -0.4 is 5.32 Å². The smallest absolute Gasteiger partial charge is 0.0534 e. The molecule has 1 unspecified atom stereocenters. The number of halogens is 1. The summed E-state index contributed by atoms with van der Waals surface area (Å²) in [5.41, 5.74) is 1.21. The number of nitrogens with zero attached hydrogens (tertiary/aromatic N) is 2. The van der Waals surface area contributed by atoms with Gasteiger partial charge in [-0.25, -0.2) is 0 Å². The van der Waals surface area contributed by atoms with Crippen molar-refractivity contribution in [3.63, 3.8) is 0 Å². The summed E-state index contributed by atoms with van der Waals surface area (Å²) in [7, 11) is 0. The van der Waals surface area contributed by atoms with Crippen molar-refractivity contribution in [3.8, 4) is 0 Å². The minimum Gasteiger partial charge on any atom is -0.308 e. The Labute approximate surface area is 106 Å². The van der Waals surface area contributed by atoms with Crippen molar-refractivity contribution in [1.82, 2.24) is 15.1 Å². The van der Waals surface area contributed by atoms with Crippen LogP contribution in [0.5, 0.6) is 0 Å². The van der Waals surface area contributed by atoms with E-state index in [1.54, 1.807) is 6.20 Å². The topological polar surface area (TPSA) is 29.9 Å². The number of aromatic nitrogens is 2. The highest BCUT2D eigenvalue weighted by molar-refractivity contribution is 6.30. The van der Waals surface area contributed by atoms with Gasteiger partial charge in [-0.15, -0.1) is 0 Å². The predicted octanol–water partition coefficient (Wildman–Crippen LogP) is 2.89. The number of benzene rings is 1. The molecule has 2 rings (SSSR count). The SMILES string of the molecule is CC(NCCn1cccn1)c1cccc(Cl)c1. The van der Waals surface area contributed by atoms with E-state index < -0.39 is 0 Å². The fraction of sp³-hybridized carbons (Fsp3) is 0.308. The molecule has 0 saturated heterocycles.